The molecule has 2 aromatic carbocycles. The third-order valence-electron chi connectivity index (χ3n) is 5.52. The Bertz CT molecular complexity index is 1090. The van der Waals surface area contributed by atoms with E-state index in [-0.39, 0.29) is 48.6 Å². The lowest BCUT2D eigenvalue weighted by Gasteiger charge is -2.32. The number of carboxylic acid groups (broad SMARTS) is 1. The number of non-ortho nitro benzene ring substituents is 1. The third-order valence-corrected chi connectivity index (χ3v) is 5.77. The van der Waals surface area contributed by atoms with Crippen LogP contribution >= 0.6 is 35.6 Å². The zero-order valence-corrected chi connectivity index (χ0v) is 22.0. The minimum Gasteiger partial charge on any atom is -0.477 e. The van der Waals surface area contributed by atoms with E-state index in [9.17, 15) is 25.3 Å². The van der Waals surface area contributed by atoms with Crippen molar-refractivity contribution >= 4 is 53.6 Å². The molecule has 0 radical (unpaired) electrons. The Balaban J connectivity index is 0.00000432. The van der Waals surface area contributed by atoms with Crippen LogP contribution in [0, 0.1) is 21.4 Å². The van der Waals surface area contributed by atoms with E-state index < -0.39 is 22.5 Å². The summed E-state index contributed by atoms with van der Waals surface area (Å²) < 4.78 is 5.57. The number of halogens is 2. The standard InChI is InChI=1S/C23H24ClN5O5.HI/c1-2-3-12-23(13-25,17-4-6-18(24)7-5-17)14-28-16-27(15-26-28)21(22(30)31)34-20-10-8-19(9-11-20)29(32)33;/h4-11,15,21H,2-3,12,14,16H2,1H3,(H,30,31);1H. The van der Waals surface area contributed by atoms with Gasteiger partial charge >= 0.3 is 5.97 Å². The molecule has 0 saturated carbocycles. The third kappa shape index (κ3) is 6.95. The van der Waals surface area contributed by atoms with E-state index in [1.54, 1.807) is 17.1 Å². The van der Waals surface area contributed by atoms with E-state index in [4.69, 9.17) is 16.3 Å². The molecule has 1 aliphatic heterocycles. The summed E-state index contributed by atoms with van der Waals surface area (Å²) in [6.45, 7) is 2.39. The Morgan fingerprint density at radius 3 is 2.51 bits per heavy atom. The second kappa shape index (κ2) is 12.6. The van der Waals surface area contributed by atoms with E-state index in [0.29, 0.717) is 11.4 Å². The van der Waals surface area contributed by atoms with Crippen LogP contribution < -0.4 is 4.74 Å². The molecule has 12 heteroatoms. The second-order valence-corrected chi connectivity index (χ2v) is 8.35. The lowest BCUT2D eigenvalue weighted by molar-refractivity contribution is -0.384. The number of nitro groups is 1. The molecule has 0 saturated heterocycles. The lowest BCUT2D eigenvalue weighted by Crippen LogP contribution is -2.47. The highest BCUT2D eigenvalue weighted by Gasteiger charge is 2.37. The summed E-state index contributed by atoms with van der Waals surface area (Å²) >= 11 is 6.03. The number of hydrogen-bond donors (Lipinski definition) is 1. The molecule has 186 valence electrons. The number of hydrogen-bond acceptors (Lipinski definition) is 8. The number of carbonyl (C=O) groups is 1. The molecule has 0 spiro atoms. The molecule has 3 rings (SSSR count). The maximum absolute atomic E-state index is 11.9. The molecule has 2 aromatic rings. The fourth-order valence-corrected chi connectivity index (χ4v) is 3.82. The molecule has 35 heavy (non-hydrogen) atoms. The Hall–Kier alpha value is -3.11. The first-order valence-corrected chi connectivity index (χ1v) is 11.0. The Morgan fingerprint density at radius 2 is 1.97 bits per heavy atom. The molecular weight excluding hydrogens is 589 g/mol. The first kappa shape index (κ1) is 28.1. The van der Waals surface area contributed by atoms with E-state index in [2.05, 4.69) is 11.2 Å². The Labute approximate surface area is 224 Å². The molecule has 0 aliphatic carbocycles. The zero-order chi connectivity index (χ0) is 24.7. The van der Waals surface area contributed by atoms with Gasteiger partial charge in [0.05, 0.1) is 17.5 Å². The summed E-state index contributed by atoms with van der Waals surface area (Å²) in [5, 5.41) is 37.2. The van der Waals surface area contributed by atoms with Crippen molar-refractivity contribution in [1.29, 1.82) is 5.26 Å². The molecule has 0 aromatic heterocycles. The molecule has 0 fully saturated rings. The van der Waals surface area contributed by atoms with Crippen molar-refractivity contribution in [1.82, 2.24) is 9.91 Å². The average molecular weight is 614 g/mol. The van der Waals surface area contributed by atoms with Crippen molar-refractivity contribution in [2.45, 2.75) is 37.8 Å². The van der Waals surface area contributed by atoms with Crippen LogP contribution in [0.4, 0.5) is 5.69 Å². The largest absolute Gasteiger partial charge is 0.477 e. The molecule has 2 atom stereocenters. The van der Waals surface area contributed by atoms with Crippen LogP contribution in [0.2, 0.25) is 5.02 Å². The van der Waals surface area contributed by atoms with Crippen molar-refractivity contribution in [2.75, 3.05) is 13.2 Å². The summed E-state index contributed by atoms with van der Waals surface area (Å²) in [5.74, 6) is -1.08. The number of hydrazone groups is 1. The van der Waals surface area contributed by atoms with Gasteiger partial charge in [-0.15, -0.1) is 24.0 Å². The number of carboxylic acids is 1. The quantitative estimate of drug-likeness (QED) is 0.217. The normalized spacial score (nSPS) is 15.0. The maximum Gasteiger partial charge on any atom is 0.366 e. The van der Waals surface area contributed by atoms with Crippen molar-refractivity contribution in [3.05, 3.63) is 69.2 Å². The SMILES string of the molecule is CCCCC(C#N)(CN1CN(C(Oc2ccc([N+](=O)[O-])cc2)C(=O)O)C=N1)c1ccc(Cl)cc1.I. The van der Waals surface area contributed by atoms with E-state index >= 15 is 0 Å². The molecular formula is C23H25ClIN5O5. The minimum absolute atomic E-state index is 0. The molecule has 1 heterocycles. The molecule has 0 amide bonds. The van der Waals surface area contributed by atoms with Gasteiger partial charge in [-0.25, -0.2) is 4.79 Å². The van der Waals surface area contributed by atoms with Gasteiger partial charge in [-0.3, -0.25) is 20.0 Å². The van der Waals surface area contributed by atoms with Crippen LogP contribution in [0.1, 0.15) is 31.7 Å². The number of nitrogens with zero attached hydrogens (tertiary/aromatic N) is 5. The predicted octanol–water partition coefficient (Wildman–Crippen LogP) is 4.83. The molecule has 1 aliphatic rings. The van der Waals surface area contributed by atoms with Crippen molar-refractivity contribution < 1.29 is 19.6 Å². The van der Waals surface area contributed by atoms with Crippen LogP contribution in [-0.4, -0.2) is 51.7 Å². The monoisotopic (exact) mass is 613 g/mol. The zero-order valence-electron chi connectivity index (χ0n) is 18.9. The van der Waals surface area contributed by atoms with Crippen LogP contribution in [0.3, 0.4) is 0 Å². The molecule has 10 nitrogen and oxygen atoms in total. The summed E-state index contributed by atoms with van der Waals surface area (Å²) in [6, 6.07) is 14.7. The highest BCUT2D eigenvalue weighted by Crippen LogP contribution is 2.32. The van der Waals surface area contributed by atoms with Crippen LogP contribution in [0.5, 0.6) is 5.75 Å². The maximum atomic E-state index is 11.9. The number of ether oxygens (including phenoxy) is 1. The highest BCUT2D eigenvalue weighted by atomic mass is 127. The lowest BCUT2D eigenvalue weighted by atomic mass is 9.77. The van der Waals surface area contributed by atoms with Gasteiger partial charge in [-0.05, 0) is 36.2 Å². The van der Waals surface area contributed by atoms with Crippen LogP contribution in [0.15, 0.2) is 53.6 Å². The fourth-order valence-electron chi connectivity index (χ4n) is 3.69. The van der Waals surface area contributed by atoms with E-state index in [1.165, 1.54) is 35.5 Å². The minimum atomic E-state index is -1.40. The second-order valence-electron chi connectivity index (χ2n) is 7.91. The summed E-state index contributed by atoms with van der Waals surface area (Å²) in [4.78, 5) is 23.5. The van der Waals surface area contributed by atoms with Crippen LogP contribution in [0.25, 0.3) is 0 Å². The number of unbranched alkanes of at least 4 members (excludes halogenated alkanes) is 1. The molecule has 0 bridgehead atoms. The topological polar surface area (TPSA) is 132 Å². The molecule has 1 N–H and O–H groups in total. The first-order chi connectivity index (χ1) is 16.3. The fraction of sp³-hybridized carbons (Fsp3) is 0.348. The van der Waals surface area contributed by atoms with Gasteiger partial charge in [-0.2, -0.15) is 10.4 Å². The predicted molar refractivity (Wildman–Crippen MR) is 141 cm³/mol. The van der Waals surface area contributed by atoms with Gasteiger partial charge in [0.15, 0.2) is 0 Å². The number of aliphatic carboxylic acids is 1. The summed E-state index contributed by atoms with van der Waals surface area (Å²) in [5.41, 5.74) is -0.167. The van der Waals surface area contributed by atoms with Gasteiger partial charge in [-0.1, -0.05) is 43.5 Å². The Kier molecular flexibility index (Phi) is 10.1. The van der Waals surface area contributed by atoms with Gasteiger partial charge < -0.3 is 9.84 Å². The number of benzene rings is 2. The van der Waals surface area contributed by atoms with E-state index in [0.717, 1.165) is 18.4 Å². The smallest absolute Gasteiger partial charge is 0.366 e. The number of nitro benzene ring substituents is 1. The van der Waals surface area contributed by atoms with Crippen molar-refractivity contribution in [3.8, 4) is 11.8 Å². The summed E-state index contributed by atoms with van der Waals surface area (Å²) in [7, 11) is 0. The van der Waals surface area contributed by atoms with Gasteiger partial charge in [0.2, 0.25) is 0 Å². The first-order valence-electron chi connectivity index (χ1n) is 10.6. The number of rotatable bonds is 11. The van der Waals surface area contributed by atoms with Crippen molar-refractivity contribution in [2.24, 2.45) is 5.10 Å². The highest BCUT2D eigenvalue weighted by molar-refractivity contribution is 14.0. The Morgan fingerprint density at radius 1 is 1.31 bits per heavy atom. The van der Waals surface area contributed by atoms with Crippen LogP contribution in [-0.2, 0) is 10.2 Å². The van der Waals surface area contributed by atoms with Gasteiger partial charge in [0.25, 0.3) is 11.9 Å². The van der Waals surface area contributed by atoms with Gasteiger partial charge in [0, 0.05) is 17.2 Å². The average Bonchev–Trinajstić information content (AvgIpc) is 3.28. The van der Waals surface area contributed by atoms with Crippen molar-refractivity contribution in [3.63, 3.8) is 0 Å². The van der Waals surface area contributed by atoms with E-state index in [1.807, 2.05) is 19.1 Å². The number of nitriles is 1. The summed E-state index contributed by atoms with van der Waals surface area (Å²) in [6.07, 6.45) is 2.30. The molecule has 2 unspecified atom stereocenters. The van der Waals surface area contributed by atoms with Gasteiger partial charge in [0.1, 0.15) is 24.2 Å².